The molecule has 2 nitrogen and oxygen atoms in total. The smallest absolute Gasteiger partial charge is 1.00 e. The average Bonchev–Trinajstić information content (AvgIpc) is 1.83. The van der Waals surface area contributed by atoms with E-state index in [1.165, 1.54) is 6.92 Å². The molecule has 0 bridgehead atoms. The first-order chi connectivity index (χ1) is 4.95. The van der Waals surface area contributed by atoms with Crippen LogP contribution >= 0.6 is 0 Å². The van der Waals surface area contributed by atoms with Gasteiger partial charge in [-0.05, 0) is 6.92 Å². The van der Waals surface area contributed by atoms with Gasteiger partial charge in [-0.15, -0.1) is 6.08 Å². The standard InChI is InChI=1S/C6H6F3O2.BrH.Mg/c1-2-11-5(10)3-4-6(7,8)9;;/h3H,2H2,1H3;1H;/q-1;;+2/p-1. The Morgan fingerprint density at radius 2 is 2.00 bits per heavy atom. The minimum absolute atomic E-state index is 0. The number of hydrogen-bond acceptors (Lipinski definition) is 2. The van der Waals surface area contributed by atoms with E-state index in [1.54, 1.807) is 0 Å². The van der Waals surface area contributed by atoms with Crippen molar-refractivity contribution in [3.8, 4) is 0 Å². The molecular weight excluding hydrogens is 265 g/mol. The number of alkyl halides is 3. The summed E-state index contributed by atoms with van der Waals surface area (Å²) in [6.45, 7) is 1.55. The van der Waals surface area contributed by atoms with Crippen LogP contribution in [0, 0.1) is 6.08 Å². The molecule has 0 unspecified atom stereocenters. The Hall–Kier alpha value is 0.246. The maximum absolute atomic E-state index is 11.3. The molecule has 0 rings (SSSR count). The van der Waals surface area contributed by atoms with Crippen molar-refractivity contribution in [2.24, 2.45) is 0 Å². The van der Waals surface area contributed by atoms with Crippen LogP contribution in [0.1, 0.15) is 6.92 Å². The Kier molecular flexibility index (Phi) is 12.8. The van der Waals surface area contributed by atoms with Gasteiger partial charge in [0.05, 0.1) is 6.61 Å². The predicted molar refractivity (Wildman–Crippen MR) is 36.3 cm³/mol. The van der Waals surface area contributed by atoms with E-state index in [-0.39, 0.29) is 52.7 Å². The van der Waals surface area contributed by atoms with Gasteiger partial charge in [0.1, 0.15) is 0 Å². The van der Waals surface area contributed by atoms with Crippen LogP contribution in [0.3, 0.4) is 0 Å². The third kappa shape index (κ3) is 15.0. The van der Waals surface area contributed by atoms with E-state index in [0.717, 1.165) is 6.08 Å². The van der Waals surface area contributed by atoms with Crippen molar-refractivity contribution < 1.29 is 39.7 Å². The molecular formula is C6H6BrF3MgO2. The molecule has 0 atom stereocenters. The normalized spacial score (nSPS) is 10.2. The number of allylic oxidation sites excluding steroid dienone is 1. The van der Waals surface area contributed by atoms with E-state index < -0.39 is 12.1 Å². The fourth-order valence-corrected chi connectivity index (χ4v) is 0.325. The second kappa shape index (κ2) is 8.83. The van der Waals surface area contributed by atoms with Gasteiger partial charge in [0.2, 0.25) is 0 Å². The molecule has 72 valence electrons. The maximum Gasteiger partial charge on any atom is 2.00 e. The Morgan fingerprint density at radius 3 is 2.31 bits per heavy atom. The van der Waals surface area contributed by atoms with E-state index >= 15 is 0 Å². The minimum atomic E-state index is -4.58. The first-order valence-corrected chi connectivity index (χ1v) is 2.80. The molecule has 0 heterocycles. The Labute approximate surface area is 100 Å². The summed E-state index contributed by atoms with van der Waals surface area (Å²) in [5.41, 5.74) is 0. The van der Waals surface area contributed by atoms with E-state index in [9.17, 15) is 18.0 Å². The number of rotatable bonds is 2. The zero-order valence-corrected chi connectivity index (χ0v) is 9.82. The Bertz CT molecular complexity index is 170. The van der Waals surface area contributed by atoms with Gasteiger partial charge in [-0.1, -0.05) is 0 Å². The molecule has 0 amide bonds. The Balaban J connectivity index is -0.000000500. The van der Waals surface area contributed by atoms with Gasteiger partial charge in [-0.25, -0.2) is 0 Å². The van der Waals surface area contributed by atoms with Gasteiger partial charge < -0.3 is 26.5 Å². The van der Waals surface area contributed by atoms with Crippen molar-refractivity contribution in [1.82, 2.24) is 0 Å². The zero-order valence-electron chi connectivity index (χ0n) is 6.82. The summed E-state index contributed by atoms with van der Waals surface area (Å²) in [5, 5.41) is 0. The van der Waals surface area contributed by atoms with Crippen LogP contribution < -0.4 is 17.0 Å². The number of esters is 1. The SMILES string of the molecule is CCOC(=O)C=[C-]C(F)(F)F.[Br-].[Mg+2]. The fraction of sp³-hybridized carbons (Fsp3) is 0.500. The maximum atomic E-state index is 11.3. The molecule has 0 radical (unpaired) electrons. The molecule has 0 aromatic heterocycles. The van der Waals surface area contributed by atoms with Crippen molar-refractivity contribution >= 4 is 29.0 Å². The summed E-state index contributed by atoms with van der Waals surface area (Å²) in [5.74, 6) is -1.04. The number of carbonyl (C=O) groups excluding carboxylic acids is 1. The van der Waals surface area contributed by atoms with Gasteiger partial charge in [0.15, 0.2) is 5.97 Å². The van der Waals surface area contributed by atoms with Crippen molar-refractivity contribution in [1.29, 1.82) is 0 Å². The number of carbonyl (C=O) groups is 1. The Morgan fingerprint density at radius 1 is 1.54 bits per heavy atom. The van der Waals surface area contributed by atoms with Crippen LogP contribution in [0.4, 0.5) is 13.2 Å². The molecule has 0 aromatic rings. The van der Waals surface area contributed by atoms with Crippen LogP contribution in [0.25, 0.3) is 0 Å². The number of hydrogen-bond donors (Lipinski definition) is 0. The molecule has 0 saturated carbocycles. The van der Waals surface area contributed by atoms with Crippen molar-refractivity contribution in [2.75, 3.05) is 6.61 Å². The molecule has 0 aliphatic carbocycles. The van der Waals surface area contributed by atoms with Crippen LogP contribution in [-0.4, -0.2) is 41.8 Å². The summed E-state index contributed by atoms with van der Waals surface area (Å²) in [7, 11) is 0. The van der Waals surface area contributed by atoms with E-state index in [0.29, 0.717) is 0 Å². The second-order valence-corrected chi connectivity index (χ2v) is 1.54. The van der Waals surface area contributed by atoms with E-state index in [4.69, 9.17) is 0 Å². The summed E-state index contributed by atoms with van der Waals surface area (Å²) < 4.78 is 38.1. The molecule has 0 aliphatic rings. The summed E-state index contributed by atoms with van der Waals surface area (Å²) in [6, 6.07) is 0. The average molecular weight is 271 g/mol. The molecule has 0 N–H and O–H groups in total. The monoisotopic (exact) mass is 270 g/mol. The van der Waals surface area contributed by atoms with Crippen molar-refractivity contribution in [3.63, 3.8) is 0 Å². The zero-order chi connectivity index (χ0) is 8.91. The largest absolute Gasteiger partial charge is 2.00 e. The third-order valence-corrected chi connectivity index (χ3v) is 0.640. The number of halogens is 4. The van der Waals surface area contributed by atoms with Crippen LogP contribution in [0.5, 0.6) is 0 Å². The van der Waals surface area contributed by atoms with Crippen molar-refractivity contribution in [3.05, 3.63) is 12.2 Å². The molecule has 0 fully saturated rings. The molecule has 0 spiro atoms. The second-order valence-electron chi connectivity index (χ2n) is 1.54. The van der Waals surface area contributed by atoms with Crippen LogP contribution in [0.2, 0.25) is 0 Å². The third-order valence-electron chi connectivity index (χ3n) is 0.640. The van der Waals surface area contributed by atoms with Gasteiger partial charge in [0, 0.05) is 0 Å². The molecule has 13 heavy (non-hydrogen) atoms. The topological polar surface area (TPSA) is 26.3 Å². The summed E-state index contributed by atoms with van der Waals surface area (Å²) in [6.07, 6.45) is -3.44. The first kappa shape index (κ1) is 18.9. The quantitative estimate of drug-likeness (QED) is 0.254. The van der Waals surface area contributed by atoms with Crippen LogP contribution in [-0.2, 0) is 9.53 Å². The van der Waals surface area contributed by atoms with Gasteiger partial charge in [-0.2, -0.15) is 19.2 Å². The van der Waals surface area contributed by atoms with E-state index in [1.807, 2.05) is 0 Å². The van der Waals surface area contributed by atoms with Crippen molar-refractivity contribution in [2.45, 2.75) is 13.1 Å². The molecule has 7 heteroatoms. The molecule has 0 aromatic carbocycles. The fourth-order valence-electron chi connectivity index (χ4n) is 0.325. The summed E-state index contributed by atoms with van der Waals surface area (Å²) in [4.78, 5) is 10.2. The minimum Gasteiger partial charge on any atom is -1.00 e. The van der Waals surface area contributed by atoms with Gasteiger partial charge in [-0.3, -0.25) is 0 Å². The summed E-state index contributed by atoms with van der Waals surface area (Å²) >= 11 is 0. The predicted octanol–water partition coefficient (Wildman–Crippen LogP) is -1.91. The van der Waals surface area contributed by atoms with Crippen LogP contribution in [0.15, 0.2) is 6.08 Å². The van der Waals surface area contributed by atoms with Gasteiger partial charge in [0.25, 0.3) is 0 Å². The first-order valence-electron chi connectivity index (χ1n) is 2.80. The number of ether oxygens (including phenoxy) is 1. The van der Waals surface area contributed by atoms with E-state index in [2.05, 4.69) is 4.74 Å². The van der Waals surface area contributed by atoms with Gasteiger partial charge >= 0.3 is 29.2 Å². The molecule has 0 aliphatic heterocycles. The molecule has 0 saturated heterocycles.